The Morgan fingerprint density at radius 2 is 2.13 bits per heavy atom. The van der Waals surface area contributed by atoms with Gasteiger partial charge in [-0.25, -0.2) is 4.39 Å². The van der Waals surface area contributed by atoms with Crippen LogP contribution in [0.2, 0.25) is 0 Å². The lowest BCUT2D eigenvalue weighted by atomic mass is 10.1. The van der Waals surface area contributed by atoms with E-state index in [4.69, 9.17) is 20.9 Å². The number of hydrogen-bond acceptors (Lipinski definition) is 4. The van der Waals surface area contributed by atoms with E-state index in [0.717, 1.165) is 5.39 Å². The molecule has 23 heavy (non-hydrogen) atoms. The first-order valence-corrected chi connectivity index (χ1v) is 7.45. The van der Waals surface area contributed by atoms with Gasteiger partial charge in [-0.1, -0.05) is 23.4 Å². The maximum Gasteiger partial charge on any atom is 0.329 e. The molecule has 3 rings (SSSR count). The lowest BCUT2D eigenvalue weighted by molar-refractivity contribution is -0.133. The molecule has 0 spiro atoms. The van der Waals surface area contributed by atoms with Gasteiger partial charge in [0, 0.05) is 17.9 Å². The van der Waals surface area contributed by atoms with Crippen LogP contribution in [0.5, 0.6) is 5.75 Å². The molecule has 0 fully saturated rings. The van der Waals surface area contributed by atoms with Gasteiger partial charge in [0.1, 0.15) is 16.9 Å². The Labute approximate surface area is 136 Å². The Bertz CT molecular complexity index is 860. The van der Waals surface area contributed by atoms with E-state index in [9.17, 15) is 9.18 Å². The molecule has 1 atom stereocenters. The van der Waals surface area contributed by atoms with Gasteiger partial charge in [-0.3, -0.25) is 4.79 Å². The minimum absolute atomic E-state index is 0.287. The van der Waals surface area contributed by atoms with Gasteiger partial charge < -0.3 is 9.26 Å². The van der Waals surface area contributed by atoms with Crippen LogP contribution in [0.1, 0.15) is 18.2 Å². The highest BCUT2D eigenvalue weighted by Gasteiger charge is 2.15. The first kappa shape index (κ1) is 15.5. The number of nitrogens with zero attached hydrogens (tertiary/aromatic N) is 1. The number of aromatic nitrogens is 1. The maximum absolute atomic E-state index is 13.7. The molecule has 3 aromatic rings. The molecule has 0 aliphatic rings. The van der Waals surface area contributed by atoms with Gasteiger partial charge in [0.05, 0.1) is 5.69 Å². The van der Waals surface area contributed by atoms with E-state index in [2.05, 4.69) is 5.16 Å². The molecule has 4 nitrogen and oxygen atoms in total. The second-order valence-electron chi connectivity index (χ2n) is 5.09. The number of carbonyl (C=O) groups is 1. The Kier molecular flexibility index (Phi) is 4.30. The summed E-state index contributed by atoms with van der Waals surface area (Å²) in [6.45, 7) is 1.53. The Morgan fingerprint density at radius 3 is 2.87 bits per heavy atom. The molecule has 0 amide bonds. The normalized spacial score (nSPS) is 12.3. The molecule has 1 unspecified atom stereocenters. The second-order valence-corrected chi connectivity index (χ2v) is 5.75. The number of rotatable bonds is 4. The van der Waals surface area contributed by atoms with Gasteiger partial charge in [0.15, 0.2) is 5.58 Å². The van der Waals surface area contributed by atoms with Crippen LogP contribution in [0.4, 0.5) is 4.39 Å². The predicted molar refractivity (Wildman–Crippen MR) is 84.2 cm³/mol. The minimum Gasteiger partial charge on any atom is -0.425 e. The van der Waals surface area contributed by atoms with E-state index in [1.165, 1.54) is 13.0 Å². The molecular weight excluding hydrogens is 321 g/mol. The highest BCUT2D eigenvalue weighted by Crippen LogP contribution is 2.26. The van der Waals surface area contributed by atoms with Crippen molar-refractivity contribution in [2.75, 3.05) is 0 Å². The van der Waals surface area contributed by atoms with E-state index >= 15 is 0 Å². The average Bonchev–Trinajstić information content (AvgIpc) is 2.92. The zero-order chi connectivity index (χ0) is 16.4. The number of esters is 1. The standard InChI is InChI=1S/C17H13ClFNO3/c1-10(18)17(21)22-12-6-7-13-15(20-23-16(13)9-12)8-11-4-2-3-5-14(11)19/h2-7,9-10H,8H2,1H3. The molecule has 0 saturated heterocycles. The summed E-state index contributed by atoms with van der Waals surface area (Å²) in [7, 11) is 0. The first-order valence-electron chi connectivity index (χ1n) is 7.02. The van der Waals surface area contributed by atoms with Crippen molar-refractivity contribution in [1.29, 1.82) is 0 Å². The van der Waals surface area contributed by atoms with Crippen LogP contribution < -0.4 is 4.74 Å². The van der Waals surface area contributed by atoms with Gasteiger partial charge in [0.25, 0.3) is 0 Å². The Balaban J connectivity index is 1.87. The van der Waals surface area contributed by atoms with Crippen molar-refractivity contribution in [2.24, 2.45) is 0 Å². The van der Waals surface area contributed by atoms with Crippen LogP contribution in [0.25, 0.3) is 11.0 Å². The second kappa shape index (κ2) is 6.38. The fourth-order valence-corrected chi connectivity index (χ4v) is 2.23. The van der Waals surface area contributed by atoms with Crippen LogP contribution in [0, 0.1) is 5.82 Å². The number of fused-ring (bicyclic) bond motifs is 1. The van der Waals surface area contributed by atoms with E-state index in [1.807, 2.05) is 0 Å². The lowest BCUT2D eigenvalue weighted by Crippen LogP contribution is -2.17. The van der Waals surface area contributed by atoms with E-state index in [-0.39, 0.29) is 5.82 Å². The topological polar surface area (TPSA) is 52.3 Å². The van der Waals surface area contributed by atoms with Crippen LogP contribution in [-0.2, 0) is 11.2 Å². The van der Waals surface area contributed by atoms with Crippen LogP contribution in [-0.4, -0.2) is 16.5 Å². The summed E-state index contributed by atoms with van der Waals surface area (Å²) in [4.78, 5) is 11.5. The van der Waals surface area contributed by atoms with Crippen molar-refractivity contribution in [3.05, 3.63) is 59.5 Å². The van der Waals surface area contributed by atoms with E-state index in [0.29, 0.717) is 29.0 Å². The van der Waals surface area contributed by atoms with Crippen LogP contribution in [0.15, 0.2) is 47.0 Å². The molecule has 0 aliphatic carbocycles. The van der Waals surface area contributed by atoms with Gasteiger partial charge in [-0.15, -0.1) is 11.6 Å². The lowest BCUT2D eigenvalue weighted by Gasteiger charge is -2.05. The molecule has 118 valence electrons. The molecule has 0 aliphatic heterocycles. The first-order chi connectivity index (χ1) is 11.0. The third-order valence-electron chi connectivity index (χ3n) is 3.38. The van der Waals surface area contributed by atoms with Crippen molar-refractivity contribution >= 4 is 28.5 Å². The molecule has 0 radical (unpaired) electrons. The molecule has 0 N–H and O–H groups in total. The molecule has 2 aromatic carbocycles. The molecule has 1 aromatic heterocycles. The summed E-state index contributed by atoms with van der Waals surface area (Å²) in [5, 5.41) is 3.98. The van der Waals surface area contributed by atoms with E-state index < -0.39 is 11.3 Å². The maximum atomic E-state index is 13.7. The number of halogens is 2. The third kappa shape index (κ3) is 3.35. The Hall–Kier alpha value is -2.40. The van der Waals surface area contributed by atoms with Gasteiger partial charge in [-0.05, 0) is 30.7 Å². The fraction of sp³-hybridized carbons (Fsp3) is 0.176. The summed E-state index contributed by atoms with van der Waals surface area (Å²) in [5.41, 5.74) is 1.62. The van der Waals surface area contributed by atoms with Gasteiger partial charge in [0.2, 0.25) is 0 Å². The fourth-order valence-electron chi connectivity index (χ4n) is 2.18. The number of benzene rings is 2. The van der Waals surface area contributed by atoms with Crippen molar-refractivity contribution in [1.82, 2.24) is 5.16 Å². The largest absolute Gasteiger partial charge is 0.425 e. The molecule has 0 bridgehead atoms. The summed E-state index contributed by atoms with van der Waals surface area (Å²) in [5.74, 6) is -0.508. The summed E-state index contributed by atoms with van der Waals surface area (Å²) in [6, 6.07) is 11.4. The van der Waals surface area contributed by atoms with Crippen LogP contribution >= 0.6 is 11.6 Å². The number of hydrogen-bond donors (Lipinski definition) is 0. The zero-order valence-corrected chi connectivity index (χ0v) is 13.0. The van der Waals surface area contributed by atoms with Crippen molar-refractivity contribution in [3.8, 4) is 5.75 Å². The van der Waals surface area contributed by atoms with Gasteiger partial charge in [-0.2, -0.15) is 0 Å². The monoisotopic (exact) mass is 333 g/mol. The zero-order valence-electron chi connectivity index (χ0n) is 12.3. The smallest absolute Gasteiger partial charge is 0.329 e. The summed E-state index contributed by atoms with van der Waals surface area (Å²) >= 11 is 5.66. The van der Waals surface area contributed by atoms with Crippen molar-refractivity contribution < 1.29 is 18.4 Å². The third-order valence-corrected chi connectivity index (χ3v) is 3.56. The summed E-state index contributed by atoms with van der Waals surface area (Å²) < 4.78 is 24.1. The average molecular weight is 334 g/mol. The van der Waals surface area contributed by atoms with Gasteiger partial charge >= 0.3 is 5.97 Å². The molecule has 1 heterocycles. The van der Waals surface area contributed by atoms with Crippen LogP contribution in [0.3, 0.4) is 0 Å². The number of ether oxygens (including phenoxy) is 1. The van der Waals surface area contributed by atoms with Crippen molar-refractivity contribution in [3.63, 3.8) is 0 Å². The highest BCUT2D eigenvalue weighted by molar-refractivity contribution is 6.29. The highest BCUT2D eigenvalue weighted by atomic mass is 35.5. The molecular formula is C17H13ClFNO3. The number of alkyl halides is 1. The minimum atomic E-state index is -0.739. The SMILES string of the molecule is CC(Cl)C(=O)Oc1ccc2c(Cc3ccccc3F)noc2c1. The van der Waals surface area contributed by atoms with E-state index in [1.54, 1.807) is 36.4 Å². The molecule has 0 saturated carbocycles. The van der Waals surface area contributed by atoms with Crippen molar-refractivity contribution in [2.45, 2.75) is 18.7 Å². The number of carbonyl (C=O) groups excluding carboxylic acids is 1. The quantitative estimate of drug-likeness (QED) is 0.410. The predicted octanol–water partition coefficient (Wildman–Crippen LogP) is 4.09. The Morgan fingerprint density at radius 1 is 1.35 bits per heavy atom. The molecule has 6 heteroatoms. The summed E-state index contributed by atoms with van der Waals surface area (Å²) in [6.07, 6.45) is 0.317.